The van der Waals surface area contributed by atoms with Crippen molar-refractivity contribution in [1.82, 2.24) is 5.32 Å². The molecule has 0 spiro atoms. The van der Waals surface area contributed by atoms with Gasteiger partial charge in [0.25, 0.3) is 0 Å². The van der Waals surface area contributed by atoms with Crippen LogP contribution in [0.3, 0.4) is 0 Å². The highest BCUT2D eigenvalue weighted by molar-refractivity contribution is 7.98. The molecule has 1 nitrogen and oxygen atoms in total. The van der Waals surface area contributed by atoms with Crippen LogP contribution in [-0.2, 0) is 6.42 Å². The average Bonchev–Trinajstić information content (AvgIpc) is 2.20. The Morgan fingerprint density at radius 3 is 2.64 bits per heavy atom. The SMILES string of the molecule is CSCCNC(C)Cc1ccccc1. The minimum atomic E-state index is 0.574. The molecule has 0 saturated heterocycles. The Hall–Kier alpha value is -0.470. The highest BCUT2D eigenvalue weighted by Crippen LogP contribution is 2.02. The van der Waals surface area contributed by atoms with Gasteiger partial charge in [-0.2, -0.15) is 11.8 Å². The molecular formula is C12H19NS. The highest BCUT2D eigenvalue weighted by Gasteiger charge is 2.01. The monoisotopic (exact) mass is 209 g/mol. The number of rotatable bonds is 6. The van der Waals surface area contributed by atoms with E-state index in [9.17, 15) is 0 Å². The van der Waals surface area contributed by atoms with Crippen LogP contribution >= 0.6 is 11.8 Å². The first-order valence-electron chi connectivity index (χ1n) is 5.09. The molecule has 0 aliphatic heterocycles. The average molecular weight is 209 g/mol. The van der Waals surface area contributed by atoms with E-state index in [1.54, 1.807) is 0 Å². The summed E-state index contributed by atoms with van der Waals surface area (Å²) in [6.07, 6.45) is 3.26. The van der Waals surface area contributed by atoms with Gasteiger partial charge in [-0.05, 0) is 25.2 Å². The van der Waals surface area contributed by atoms with Crippen LogP contribution in [0.4, 0.5) is 0 Å². The third kappa shape index (κ3) is 4.68. The first-order chi connectivity index (χ1) is 6.83. The largest absolute Gasteiger partial charge is 0.313 e. The summed E-state index contributed by atoms with van der Waals surface area (Å²) in [5, 5.41) is 3.51. The van der Waals surface area contributed by atoms with Crippen molar-refractivity contribution in [3.8, 4) is 0 Å². The summed E-state index contributed by atoms with van der Waals surface area (Å²) < 4.78 is 0. The second-order valence-corrected chi connectivity index (χ2v) is 4.52. The maximum atomic E-state index is 3.51. The zero-order valence-corrected chi connectivity index (χ0v) is 9.81. The maximum Gasteiger partial charge on any atom is 0.00794 e. The zero-order valence-electron chi connectivity index (χ0n) is 8.99. The molecule has 78 valence electrons. The molecule has 0 aliphatic carbocycles. The van der Waals surface area contributed by atoms with Crippen LogP contribution in [-0.4, -0.2) is 24.6 Å². The molecule has 1 N–H and O–H groups in total. The van der Waals surface area contributed by atoms with Gasteiger partial charge in [-0.3, -0.25) is 0 Å². The predicted molar refractivity (Wildman–Crippen MR) is 66.0 cm³/mol. The fourth-order valence-corrected chi connectivity index (χ4v) is 1.77. The van der Waals surface area contributed by atoms with E-state index in [0.29, 0.717) is 6.04 Å². The maximum absolute atomic E-state index is 3.51. The first-order valence-corrected chi connectivity index (χ1v) is 6.48. The summed E-state index contributed by atoms with van der Waals surface area (Å²) in [5.41, 5.74) is 1.41. The van der Waals surface area contributed by atoms with Crippen LogP contribution < -0.4 is 5.32 Å². The van der Waals surface area contributed by atoms with Crippen LogP contribution in [0, 0.1) is 0 Å². The lowest BCUT2D eigenvalue weighted by atomic mass is 10.1. The Bertz CT molecular complexity index is 235. The van der Waals surface area contributed by atoms with Gasteiger partial charge in [-0.1, -0.05) is 30.3 Å². The minimum absolute atomic E-state index is 0.574. The second-order valence-electron chi connectivity index (χ2n) is 3.54. The van der Waals surface area contributed by atoms with Crippen molar-refractivity contribution in [2.75, 3.05) is 18.6 Å². The summed E-state index contributed by atoms with van der Waals surface area (Å²) in [4.78, 5) is 0. The van der Waals surface area contributed by atoms with Crippen LogP contribution in [0.2, 0.25) is 0 Å². The molecule has 1 atom stereocenters. The molecule has 0 fully saturated rings. The van der Waals surface area contributed by atoms with Crippen molar-refractivity contribution >= 4 is 11.8 Å². The molecule has 1 aromatic carbocycles. The van der Waals surface area contributed by atoms with E-state index in [4.69, 9.17) is 0 Å². The van der Waals surface area contributed by atoms with Crippen LogP contribution in [0.15, 0.2) is 30.3 Å². The number of nitrogens with one attached hydrogen (secondary N) is 1. The van der Waals surface area contributed by atoms with Crippen LogP contribution in [0.1, 0.15) is 12.5 Å². The molecular weight excluding hydrogens is 190 g/mol. The van der Waals surface area contributed by atoms with E-state index in [0.717, 1.165) is 13.0 Å². The Kier molecular flexibility index (Phi) is 5.72. The van der Waals surface area contributed by atoms with Crippen molar-refractivity contribution in [3.63, 3.8) is 0 Å². The smallest absolute Gasteiger partial charge is 0.00794 e. The fraction of sp³-hybridized carbons (Fsp3) is 0.500. The molecule has 0 aliphatic rings. The lowest BCUT2D eigenvalue weighted by Gasteiger charge is -2.13. The Balaban J connectivity index is 2.23. The fourth-order valence-electron chi connectivity index (χ4n) is 1.45. The van der Waals surface area contributed by atoms with Crippen molar-refractivity contribution in [2.24, 2.45) is 0 Å². The summed E-state index contributed by atoms with van der Waals surface area (Å²) in [6, 6.07) is 11.2. The third-order valence-corrected chi connectivity index (χ3v) is 2.80. The van der Waals surface area contributed by atoms with E-state index in [1.807, 2.05) is 11.8 Å². The van der Waals surface area contributed by atoms with Crippen LogP contribution in [0.25, 0.3) is 0 Å². The van der Waals surface area contributed by atoms with Gasteiger partial charge in [-0.25, -0.2) is 0 Å². The molecule has 0 amide bonds. The topological polar surface area (TPSA) is 12.0 Å². The molecule has 1 rings (SSSR count). The van der Waals surface area contributed by atoms with Gasteiger partial charge in [0.05, 0.1) is 0 Å². The summed E-state index contributed by atoms with van der Waals surface area (Å²) in [5.74, 6) is 1.19. The quantitative estimate of drug-likeness (QED) is 0.723. The van der Waals surface area contributed by atoms with Gasteiger partial charge in [0.1, 0.15) is 0 Å². The molecule has 0 heterocycles. The Morgan fingerprint density at radius 2 is 2.00 bits per heavy atom. The molecule has 1 aromatic rings. The summed E-state index contributed by atoms with van der Waals surface area (Å²) in [7, 11) is 0. The molecule has 0 aromatic heterocycles. The Labute approximate surface area is 91.3 Å². The molecule has 2 heteroatoms. The predicted octanol–water partition coefficient (Wildman–Crippen LogP) is 2.57. The lowest BCUT2D eigenvalue weighted by molar-refractivity contribution is 0.568. The van der Waals surface area contributed by atoms with Gasteiger partial charge in [0.2, 0.25) is 0 Å². The minimum Gasteiger partial charge on any atom is -0.313 e. The van der Waals surface area contributed by atoms with E-state index in [-0.39, 0.29) is 0 Å². The van der Waals surface area contributed by atoms with Crippen molar-refractivity contribution in [3.05, 3.63) is 35.9 Å². The highest BCUT2D eigenvalue weighted by atomic mass is 32.2. The number of benzene rings is 1. The van der Waals surface area contributed by atoms with Crippen molar-refractivity contribution < 1.29 is 0 Å². The van der Waals surface area contributed by atoms with Crippen molar-refractivity contribution in [1.29, 1.82) is 0 Å². The number of thioether (sulfide) groups is 1. The second kappa shape index (κ2) is 6.91. The standard InChI is InChI=1S/C12H19NS/c1-11(13-8-9-14-2)10-12-6-4-3-5-7-12/h3-7,11,13H,8-10H2,1-2H3. The first kappa shape index (κ1) is 11.6. The van der Waals surface area contributed by atoms with Gasteiger partial charge in [0.15, 0.2) is 0 Å². The summed E-state index contributed by atoms with van der Waals surface area (Å²) >= 11 is 1.89. The normalized spacial score (nSPS) is 12.7. The van der Waals surface area contributed by atoms with Crippen molar-refractivity contribution in [2.45, 2.75) is 19.4 Å². The van der Waals surface area contributed by atoms with Gasteiger partial charge in [0, 0.05) is 18.3 Å². The van der Waals surface area contributed by atoms with Gasteiger partial charge < -0.3 is 5.32 Å². The van der Waals surface area contributed by atoms with Crippen LogP contribution in [0.5, 0.6) is 0 Å². The number of hydrogen-bond donors (Lipinski definition) is 1. The van der Waals surface area contributed by atoms with Gasteiger partial charge >= 0.3 is 0 Å². The Morgan fingerprint density at radius 1 is 1.29 bits per heavy atom. The summed E-state index contributed by atoms with van der Waals surface area (Å²) in [6.45, 7) is 3.35. The third-order valence-electron chi connectivity index (χ3n) is 2.18. The molecule has 0 radical (unpaired) electrons. The zero-order chi connectivity index (χ0) is 10.2. The van der Waals surface area contributed by atoms with E-state index in [2.05, 4.69) is 48.8 Å². The van der Waals surface area contributed by atoms with E-state index >= 15 is 0 Å². The van der Waals surface area contributed by atoms with E-state index in [1.165, 1.54) is 11.3 Å². The molecule has 14 heavy (non-hydrogen) atoms. The van der Waals surface area contributed by atoms with Gasteiger partial charge in [-0.15, -0.1) is 0 Å². The lowest BCUT2D eigenvalue weighted by Crippen LogP contribution is -2.29. The van der Waals surface area contributed by atoms with E-state index < -0.39 is 0 Å². The molecule has 0 bridgehead atoms. The molecule has 1 unspecified atom stereocenters. The number of hydrogen-bond acceptors (Lipinski definition) is 2. The molecule has 0 saturated carbocycles.